The van der Waals surface area contributed by atoms with Gasteiger partial charge in [-0.15, -0.1) is 11.3 Å². The Bertz CT molecular complexity index is 912. The molecule has 31 heavy (non-hydrogen) atoms. The molecule has 7 nitrogen and oxygen atoms in total. The highest BCUT2D eigenvalue weighted by atomic mass is 32.1. The zero-order chi connectivity index (χ0) is 22.2. The number of aliphatic imine (C=N–C) groups is 1. The number of hydrogen-bond donors (Lipinski definition) is 1. The van der Waals surface area contributed by atoms with E-state index in [1.165, 1.54) is 10.4 Å². The zero-order valence-corrected chi connectivity index (χ0v) is 19.6. The molecular weight excluding hydrogens is 412 g/mol. The minimum atomic E-state index is 0.0699. The summed E-state index contributed by atoms with van der Waals surface area (Å²) in [5.41, 5.74) is 2.42. The second kappa shape index (κ2) is 11.0. The van der Waals surface area contributed by atoms with Crippen LogP contribution >= 0.6 is 11.3 Å². The molecule has 3 rings (SSSR count). The molecule has 1 aromatic carbocycles. The zero-order valence-electron chi connectivity index (χ0n) is 18.8. The first kappa shape index (κ1) is 22.9. The largest absolute Gasteiger partial charge is 0.493 e. The minimum absolute atomic E-state index is 0.0699. The fraction of sp³-hybridized carbons (Fsp3) is 0.478. The summed E-state index contributed by atoms with van der Waals surface area (Å²) in [4.78, 5) is 22.7. The topological polar surface area (TPSA) is 66.4 Å². The predicted octanol–water partition coefficient (Wildman–Crippen LogP) is 2.79. The molecule has 0 unspecified atom stereocenters. The highest BCUT2D eigenvalue weighted by Gasteiger charge is 2.21. The third-order valence-electron chi connectivity index (χ3n) is 5.40. The van der Waals surface area contributed by atoms with E-state index in [0.717, 1.165) is 55.5 Å². The third kappa shape index (κ3) is 5.91. The predicted molar refractivity (Wildman–Crippen MR) is 125 cm³/mol. The van der Waals surface area contributed by atoms with E-state index in [1.807, 2.05) is 37.1 Å². The van der Waals surface area contributed by atoms with Crippen LogP contribution in [0.5, 0.6) is 11.5 Å². The molecule has 1 aliphatic heterocycles. The Morgan fingerprint density at radius 1 is 1.26 bits per heavy atom. The van der Waals surface area contributed by atoms with Crippen LogP contribution in [0.2, 0.25) is 0 Å². The Balaban J connectivity index is 1.57. The standard InChI is InChI=1S/C23H32N4O3S/c1-5-24-23(25-15-22(28)27-12-9-21-18(16-27)10-13-31-21)26(2)11-8-17-6-7-19(29-3)20(14-17)30-4/h6-7,10,13-14H,5,8-9,11-12,15-16H2,1-4H3,(H,24,25). The molecule has 0 saturated heterocycles. The van der Waals surface area contributed by atoms with Crippen molar-refractivity contribution in [1.29, 1.82) is 0 Å². The van der Waals surface area contributed by atoms with Gasteiger partial charge in [0.1, 0.15) is 6.54 Å². The summed E-state index contributed by atoms with van der Waals surface area (Å²) in [5, 5.41) is 5.40. The lowest BCUT2D eigenvalue weighted by molar-refractivity contribution is -0.130. The number of rotatable bonds is 8. The fourth-order valence-electron chi connectivity index (χ4n) is 3.61. The summed E-state index contributed by atoms with van der Waals surface area (Å²) in [6, 6.07) is 8.07. The first-order valence-electron chi connectivity index (χ1n) is 10.6. The maximum absolute atomic E-state index is 12.7. The summed E-state index contributed by atoms with van der Waals surface area (Å²) < 4.78 is 10.7. The third-order valence-corrected chi connectivity index (χ3v) is 6.43. The van der Waals surface area contributed by atoms with Crippen molar-refractivity contribution in [2.45, 2.75) is 26.3 Å². The molecule has 0 atom stereocenters. The number of likely N-dealkylation sites (N-methyl/N-ethyl adjacent to an activating group) is 1. The fourth-order valence-corrected chi connectivity index (χ4v) is 4.50. The van der Waals surface area contributed by atoms with Crippen molar-refractivity contribution in [3.63, 3.8) is 0 Å². The second-order valence-corrected chi connectivity index (χ2v) is 8.47. The van der Waals surface area contributed by atoms with Gasteiger partial charge in [-0.05, 0) is 54.5 Å². The molecule has 8 heteroatoms. The van der Waals surface area contributed by atoms with Crippen molar-refractivity contribution in [1.82, 2.24) is 15.1 Å². The van der Waals surface area contributed by atoms with Crippen molar-refractivity contribution in [2.75, 3.05) is 47.4 Å². The summed E-state index contributed by atoms with van der Waals surface area (Å²) in [6.45, 7) is 5.16. The van der Waals surface area contributed by atoms with Gasteiger partial charge in [-0.3, -0.25) is 4.79 Å². The highest BCUT2D eigenvalue weighted by Crippen LogP contribution is 2.27. The molecule has 0 bridgehead atoms. The summed E-state index contributed by atoms with van der Waals surface area (Å²) >= 11 is 1.78. The first-order chi connectivity index (χ1) is 15.0. The Labute approximate surface area is 188 Å². The SMILES string of the molecule is CCNC(=NCC(=O)N1CCc2sccc2C1)N(C)CCc1ccc(OC)c(OC)c1. The number of methoxy groups -OCH3 is 2. The molecule has 1 aliphatic rings. The van der Waals surface area contributed by atoms with Crippen molar-refractivity contribution >= 4 is 23.2 Å². The molecular formula is C23H32N4O3S. The molecule has 1 N–H and O–H groups in total. The average Bonchev–Trinajstić information content (AvgIpc) is 3.27. The van der Waals surface area contributed by atoms with Crippen molar-refractivity contribution in [2.24, 2.45) is 4.99 Å². The second-order valence-electron chi connectivity index (χ2n) is 7.47. The van der Waals surface area contributed by atoms with Crippen LogP contribution < -0.4 is 14.8 Å². The van der Waals surface area contributed by atoms with Crippen molar-refractivity contribution in [3.8, 4) is 11.5 Å². The summed E-state index contributed by atoms with van der Waals surface area (Å²) in [5.74, 6) is 2.26. The number of thiophene rings is 1. The molecule has 0 saturated carbocycles. The van der Waals surface area contributed by atoms with E-state index in [2.05, 4.69) is 26.7 Å². The van der Waals surface area contributed by atoms with Gasteiger partial charge in [0.25, 0.3) is 0 Å². The minimum Gasteiger partial charge on any atom is -0.493 e. The Morgan fingerprint density at radius 2 is 2.06 bits per heavy atom. The van der Waals surface area contributed by atoms with Crippen molar-refractivity contribution < 1.29 is 14.3 Å². The normalized spacial score (nSPS) is 13.5. The van der Waals surface area contributed by atoms with E-state index in [9.17, 15) is 4.79 Å². The molecule has 2 aromatic rings. The number of carbonyl (C=O) groups excluding carboxylic acids is 1. The van der Waals surface area contributed by atoms with Gasteiger partial charge in [0.15, 0.2) is 17.5 Å². The average molecular weight is 445 g/mol. The molecule has 168 valence electrons. The smallest absolute Gasteiger partial charge is 0.244 e. The number of hydrogen-bond acceptors (Lipinski definition) is 5. The van der Waals surface area contributed by atoms with Crippen LogP contribution in [0, 0.1) is 0 Å². The van der Waals surface area contributed by atoms with Gasteiger partial charge in [-0.25, -0.2) is 4.99 Å². The van der Waals surface area contributed by atoms with E-state index < -0.39 is 0 Å². The number of benzene rings is 1. The van der Waals surface area contributed by atoms with E-state index in [-0.39, 0.29) is 12.5 Å². The van der Waals surface area contributed by atoms with E-state index in [0.29, 0.717) is 6.54 Å². The number of nitrogens with one attached hydrogen (secondary N) is 1. The quantitative estimate of drug-likeness (QED) is 0.501. The number of amides is 1. The van der Waals surface area contributed by atoms with Crippen LogP contribution in [0.15, 0.2) is 34.6 Å². The van der Waals surface area contributed by atoms with Gasteiger partial charge < -0.3 is 24.6 Å². The number of ether oxygens (including phenoxy) is 2. The maximum atomic E-state index is 12.7. The highest BCUT2D eigenvalue weighted by molar-refractivity contribution is 7.10. The van der Waals surface area contributed by atoms with Gasteiger partial charge in [-0.1, -0.05) is 6.07 Å². The van der Waals surface area contributed by atoms with Crippen LogP contribution in [-0.4, -0.2) is 69.1 Å². The van der Waals surface area contributed by atoms with Crippen molar-refractivity contribution in [3.05, 3.63) is 45.6 Å². The van der Waals surface area contributed by atoms with Crippen LogP contribution in [0.1, 0.15) is 22.9 Å². The number of carbonyl (C=O) groups is 1. The van der Waals surface area contributed by atoms with E-state index in [4.69, 9.17) is 9.47 Å². The van der Waals surface area contributed by atoms with Crippen LogP contribution in [0.3, 0.4) is 0 Å². The van der Waals surface area contributed by atoms with Crippen LogP contribution in [-0.2, 0) is 24.2 Å². The van der Waals surface area contributed by atoms with Gasteiger partial charge >= 0.3 is 0 Å². The summed E-state index contributed by atoms with van der Waals surface area (Å²) in [7, 11) is 5.27. The Hall–Kier alpha value is -2.74. The maximum Gasteiger partial charge on any atom is 0.244 e. The first-order valence-corrected chi connectivity index (χ1v) is 11.5. The van der Waals surface area contributed by atoms with Gasteiger partial charge in [0.05, 0.1) is 14.2 Å². The lowest BCUT2D eigenvalue weighted by Crippen LogP contribution is -2.41. The molecule has 0 aliphatic carbocycles. The van der Waals surface area contributed by atoms with E-state index >= 15 is 0 Å². The Morgan fingerprint density at radius 3 is 2.81 bits per heavy atom. The molecule has 0 spiro atoms. The molecule has 0 radical (unpaired) electrons. The van der Waals surface area contributed by atoms with Gasteiger partial charge in [0, 0.05) is 38.1 Å². The monoisotopic (exact) mass is 444 g/mol. The number of guanidine groups is 1. The number of nitrogens with zero attached hydrogens (tertiary/aromatic N) is 3. The van der Waals surface area contributed by atoms with E-state index in [1.54, 1.807) is 25.6 Å². The molecule has 1 amide bonds. The van der Waals surface area contributed by atoms with Crippen LogP contribution in [0.25, 0.3) is 0 Å². The number of fused-ring (bicyclic) bond motifs is 1. The lowest BCUT2D eigenvalue weighted by Gasteiger charge is -2.27. The molecule has 1 aromatic heterocycles. The molecule has 2 heterocycles. The molecule has 0 fully saturated rings. The lowest BCUT2D eigenvalue weighted by atomic mass is 10.1. The van der Waals surface area contributed by atoms with Gasteiger partial charge in [-0.2, -0.15) is 0 Å². The summed E-state index contributed by atoms with van der Waals surface area (Å²) in [6.07, 6.45) is 1.76. The Kier molecular flexibility index (Phi) is 8.17. The van der Waals surface area contributed by atoms with Crippen LogP contribution in [0.4, 0.5) is 0 Å². The van der Waals surface area contributed by atoms with Gasteiger partial charge in [0.2, 0.25) is 5.91 Å².